The van der Waals surface area contributed by atoms with Gasteiger partial charge in [0.1, 0.15) is 6.26 Å². The zero-order chi connectivity index (χ0) is 11.3. The fourth-order valence-corrected chi connectivity index (χ4v) is 1.19. The summed E-state index contributed by atoms with van der Waals surface area (Å²) in [7, 11) is 0. The molecule has 0 saturated heterocycles. The van der Waals surface area contributed by atoms with Crippen molar-refractivity contribution in [1.29, 1.82) is 0 Å². The molecule has 15 heavy (non-hydrogen) atoms. The van der Waals surface area contributed by atoms with Crippen LogP contribution in [0.5, 0.6) is 0 Å². The molecule has 0 bridgehead atoms. The standard InChI is InChI=1S/C11H16N2O2/c1-4-6-7-13(10(14)5-2)11-12-9(3)8-15-11/h5,8H,2,4,6-7H2,1,3H3. The van der Waals surface area contributed by atoms with Crippen molar-refractivity contribution in [3.8, 4) is 0 Å². The van der Waals surface area contributed by atoms with Crippen molar-refractivity contribution in [1.82, 2.24) is 4.98 Å². The first-order valence-corrected chi connectivity index (χ1v) is 5.05. The molecule has 0 aliphatic heterocycles. The Balaban J connectivity index is 2.80. The highest BCUT2D eigenvalue weighted by Gasteiger charge is 2.16. The van der Waals surface area contributed by atoms with E-state index in [-0.39, 0.29) is 5.91 Å². The minimum Gasteiger partial charge on any atom is -0.431 e. The number of hydrogen-bond acceptors (Lipinski definition) is 3. The van der Waals surface area contributed by atoms with E-state index in [0.29, 0.717) is 12.6 Å². The Bertz CT molecular complexity index is 344. The fourth-order valence-electron chi connectivity index (χ4n) is 1.19. The number of nitrogens with zero attached hydrogens (tertiary/aromatic N) is 2. The van der Waals surface area contributed by atoms with Gasteiger partial charge in [-0.05, 0) is 19.4 Å². The molecule has 0 aliphatic rings. The van der Waals surface area contributed by atoms with E-state index < -0.39 is 0 Å². The second kappa shape index (κ2) is 5.34. The lowest BCUT2D eigenvalue weighted by atomic mass is 10.3. The maximum atomic E-state index is 11.5. The zero-order valence-corrected chi connectivity index (χ0v) is 9.19. The minimum absolute atomic E-state index is 0.176. The van der Waals surface area contributed by atoms with Crippen molar-refractivity contribution in [2.45, 2.75) is 26.7 Å². The molecule has 0 unspecified atom stereocenters. The van der Waals surface area contributed by atoms with Crippen LogP contribution < -0.4 is 4.90 Å². The molecule has 1 aromatic heterocycles. The number of hydrogen-bond donors (Lipinski definition) is 0. The van der Waals surface area contributed by atoms with Crippen LogP contribution in [0.1, 0.15) is 25.5 Å². The molecule has 0 spiro atoms. The molecule has 0 fully saturated rings. The Labute approximate surface area is 89.6 Å². The number of aryl methyl sites for hydroxylation is 1. The highest BCUT2D eigenvalue weighted by molar-refractivity contribution is 5.99. The van der Waals surface area contributed by atoms with Gasteiger partial charge in [0.25, 0.3) is 5.91 Å². The van der Waals surface area contributed by atoms with Crippen molar-refractivity contribution in [3.63, 3.8) is 0 Å². The number of rotatable bonds is 5. The van der Waals surface area contributed by atoms with Gasteiger partial charge in [0, 0.05) is 6.54 Å². The number of aromatic nitrogens is 1. The molecule has 1 heterocycles. The van der Waals surface area contributed by atoms with Crippen molar-refractivity contribution in [2.24, 2.45) is 0 Å². The van der Waals surface area contributed by atoms with Gasteiger partial charge in [-0.2, -0.15) is 4.98 Å². The average molecular weight is 208 g/mol. The smallest absolute Gasteiger partial charge is 0.304 e. The predicted molar refractivity (Wildman–Crippen MR) is 58.7 cm³/mol. The van der Waals surface area contributed by atoms with Gasteiger partial charge in [-0.3, -0.25) is 9.69 Å². The predicted octanol–water partition coefficient (Wildman–Crippen LogP) is 2.30. The van der Waals surface area contributed by atoms with Crippen LogP contribution in [-0.2, 0) is 4.79 Å². The Hall–Kier alpha value is -1.58. The van der Waals surface area contributed by atoms with E-state index in [4.69, 9.17) is 4.42 Å². The van der Waals surface area contributed by atoms with Crippen LogP contribution in [0.3, 0.4) is 0 Å². The lowest BCUT2D eigenvalue weighted by molar-refractivity contribution is -0.114. The molecule has 0 aliphatic carbocycles. The summed E-state index contributed by atoms with van der Waals surface area (Å²) in [5.41, 5.74) is 0.767. The van der Waals surface area contributed by atoms with Gasteiger partial charge in [0.15, 0.2) is 0 Å². The first-order chi connectivity index (χ1) is 7.19. The lowest BCUT2D eigenvalue weighted by Crippen LogP contribution is -2.30. The SMILES string of the molecule is C=CC(=O)N(CCCC)c1nc(C)co1. The van der Waals surface area contributed by atoms with Gasteiger partial charge < -0.3 is 4.42 Å². The summed E-state index contributed by atoms with van der Waals surface area (Å²) >= 11 is 0. The summed E-state index contributed by atoms with van der Waals surface area (Å²) in [6, 6.07) is 0.353. The summed E-state index contributed by atoms with van der Waals surface area (Å²) in [4.78, 5) is 17.2. The van der Waals surface area contributed by atoms with E-state index in [2.05, 4.69) is 18.5 Å². The van der Waals surface area contributed by atoms with Gasteiger partial charge in [-0.15, -0.1) is 0 Å². The highest BCUT2D eigenvalue weighted by atomic mass is 16.4. The van der Waals surface area contributed by atoms with Crippen molar-refractivity contribution in [3.05, 3.63) is 24.6 Å². The first kappa shape index (κ1) is 11.5. The fraction of sp³-hybridized carbons (Fsp3) is 0.455. The van der Waals surface area contributed by atoms with E-state index in [1.165, 1.54) is 17.2 Å². The molecule has 0 aromatic carbocycles. The maximum absolute atomic E-state index is 11.5. The topological polar surface area (TPSA) is 46.3 Å². The monoisotopic (exact) mass is 208 g/mol. The van der Waals surface area contributed by atoms with Crippen LogP contribution in [0.4, 0.5) is 6.01 Å². The van der Waals surface area contributed by atoms with Crippen LogP contribution in [0.2, 0.25) is 0 Å². The third kappa shape index (κ3) is 2.94. The van der Waals surface area contributed by atoms with Gasteiger partial charge in [0.05, 0.1) is 5.69 Å². The number of amides is 1. The van der Waals surface area contributed by atoms with E-state index >= 15 is 0 Å². The molecule has 0 radical (unpaired) electrons. The number of carbonyl (C=O) groups excluding carboxylic acids is 1. The Morgan fingerprint density at radius 2 is 2.47 bits per heavy atom. The van der Waals surface area contributed by atoms with Crippen LogP contribution in [0.25, 0.3) is 0 Å². The molecular weight excluding hydrogens is 192 g/mol. The van der Waals surface area contributed by atoms with Gasteiger partial charge in [-0.25, -0.2) is 0 Å². The quantitative estimate of drug-likeness (QED) is 0.697. The van der Waals surface area contributed by atoms with E-state index in [1.807, 2.05) is 6.92 Å². The van der Waals surface area contributed by atoms with Crippen molar-refractivity contribution < 1.29 is 9.21 Å². The second-order valence-corrected chi connectivity index (χ2v) is 3.32. The van der Waals surface area contributed by atoms with Crippen molar-refractivity contribution in [2.75, 3.05) is 11.4 Å². The molecule has 0 atom stereocenters. The lowest BCUT2D eigenvalue weighted by Gasteiger charge is -2.15. The Morgan fingerprint density at radius 1 is 1.73 bits per heavy atom. The minimum atomic E-state index is -0.176. The highest BCUT2D eigenvalue weighted by Crippen LogP contribution is 2.14. The number of oxazole rings is 1. The molecule has 4 heteroatoms. The summed E-state index contributed by atoms with van der Waals surface area (Å²) < 4.78 is 5.19. The van der Waals surface area contributed by atoms with E-state index in [1.54, 1.807) is 0 Å². The summed E-state index contributed by atoms with van der Waals surface area (Å²) in [5.74, 6) is -0.176. The zero-order valence-electron chi connectivity index (χ0n) is 9.19. The third-order valence-electron chi connectivity index (χ3n) is 2.01. The number of unbranched alkanes of at least 4 members (excludes halogenated alkanes) is 1. The summed E-state index contributed by atoms with van der Waals surface area (Å²) in [5, 5.41) is 0. The van der Waals surface area contributed by atoms with Gasteiger partial charge >= 0.3 is 6.01 Å². The van der Waals surface area contributed by atoms with E-state index in [0.717, 1.165) is 18.5 Å². The second-order valence-electron chi connectivity index (χ2n) is 3.32. The molecule has 1 aromatic rings. The third-order valence-corrected chi connectivity index (χ3v) is 2.01. The van der Waals surface area contributed by atoms with Crippen LogP contribution in [0.15, 0.2) is 23.3 Å². The number of anilines is 1. The summed E-state index contributed by atoms with van der Waals surface area (Å²) in [6.07, 6.45) is 4.74. The van der Waals surface area contributed by atoms with Gasteiger partial charge in [-0.1, -0.05) is 19.9 Å². The Kier molecular flexibility index (Phi) is 4.09. The van der Waals surface area contributed by atoms with Gasteiger partial charge in [0.2, 0.25) is 0 Å². The molecule has 0 saturated carbocycles. The largest absolute Gasteiger partial charge is 0.431 e. The molecule has 4 nitrogen and oxygen atoms in total. The van der Waals surface area contributed by atoms with Crippen LogP contribution in [0, 0.1) is 6.92 Å². The van der Waals surface area contributed by atoms with Crippen molar-refractivity contribution >= 4 is 11.9 Å². The average Bonchev–Trinajstić information content (AvgIpc) is 2.65. The first-order valence-electron chi connectivity index (χ1n) is 5.05. The van der Waals surface area contributed by atoms with Crippen LogP contribution in [-0.4, -0.2) is 17.4 Å². The van der Waals surface area contributed by atoms with Crippen LogP contribution >= 0.6 is 0 Å². The molecule has 0 N–H and O–H groups in total. The molecule has 1 rings (SSSR count). The number of carbonyl (C=O) groups is 1. The Morgan fingerprint density at radius 3 is 2.93 bits per heavy atom. The molecule has 1 amide bonds. The van der Waals surface area contributed by atoms with E-state index in [9.17, 15) is 4.79 Å². The normalized spacial score (nSPS) is 10.0. The maximum Gasteiger partial charge on any atom is 0.304 e. The summed E-state index contributed by atoms with van der Waals surface area (Å²) in [6.45, 7) is 7.96. The molecule has 82 valence electrons. The molecular formula is C11H16N2O2.